The van der Waals surface area contributed by atoms with Crippen LogP contribution >= 0.6 is 0 Å². The summed E-state index contributed by atoms with van der Waals surface area (Å²) in [5.74, 6) is 0.579. The Hall–Kier alpha value is -3.12. The van der Waals surface area contributed by atoms with Crippen LogP contribution in [0.5, 0.6) is 5.75 Å². The molecule has 1 aliphatic rings. The smallest absolute Gasteiger partial charge is 0.261 e. The van der Waals surface area contributed by atoms with Crippen molar-refractivity contribution in [2.45, 2.75) is 12.6 Å². The number of nitrogens with zero attached hydrogens (tertiary/aromatic N) is 2. The van der Waals surface area contributed by atoms with Crippen LogP contribution in [0.25, 0.3) is 33.3 Å². The van der Waals surface area contributed by atoms with E-state index in [2.05, 4.69) is 9.97 Å². The molecular weight excluding hydrogens is 306 g/mol. The molecule has 5 rings (SSSR count). The Labute approximate surface area is 135 Å². The quantitative estimate of drug-likeness (QED) is 0.464. The van der Waals surface area contributed by atoms with Crippen molar-refractivity contribution in [3.05, 3.63) is 58.4 Å². The van der Waals surface area contributed by atoms with Crippen molar-refractivity contribution in [2.75, 3.05) is 0 Å². The summed E-state index contributed by atoms with van der Waals surface area (Å²) in [6, 6.07) is 12.3. The second-order valence-corrected chi connectivity index (χ2v) is 6.00. The van der Waals surface area contributed by atoms with Crippen LogP contribution in [0.15, 0.2) is 47.3 Å². The molecule has 3 heterocycles. The summed E-state index contributed by atoms with van der Waals surface area (Å²) in [6.45, 7) is 0.111. The van der Waals surface area contributed by atoms with Gasteiger partial charge in [0.2, 0.25) is 0 Å². The van der Waals surface area contributed by atoms with Crippen molar-refractivity contribution in [1.29, 1.82) is 0 Å². The molecule has 0 bridgehead atoms. The molecule has 0 spiro atoms. The van der Waals surface area contributed by atoms with Crippen LogP contribution in [0, 0.1) is 0 Å². The number of aromatic nitrogens is 3. The largest absolute Gasteiger partial charge is 0.507 e. The van der Waals surface area contributed by atoms with Gasteiger partial charge in [-0.1, -0.05) is 18.2 Å². The molecule has 24 heavy (non-hydrogen) atoms. The number of para-hydroxylation sites is 1. The van der Waals surface area contributed by atoms with Crippen LogP contribution in [0.1, 0.15) is 11.7 Å². The molecule has 0 saturated heterocycles. The lowest BCUT2D eigenvalue weighted by atomic mass is 10.0. The Morgan fingerprint density at radius 1 is 1.17 bits per heavy atom. The fraction of sp³-hybridized carbons (Fsp3) is 0.111. The first-order valence-electron chi connectivity index (χ1n) is 7.66. The van der Waals surface area contributed by atoms with Gasteiger partial charge in [0, 0.05) is 10.9 Å². The second-order valence-electron chi connectivity index (χ2n) is 6.00. The summed E-state index contributed by atoms with van der Waals surface area (Å²) in [4.78, 5) is 20.6. The number of hydrogen-bond acceptors (Lipinski definition) is 4. The van der Waals surface area contributed by atoms with E-state index in [1.54, 1.807) is 30.3 Å². The molecule has 3 N–H and O–H groups in total. The maximum absolute atomic E-state index is 12.8. The lowest BCUT2D eigenvalue weighted by Gasteiger charge is -2.23. The maximum Gasteiger partial charge on any atom is 0.261 e. The van der Waals surface area contributed by atoms with Gasteiger partial charge < -0.3 is 15.2 Å². The number of aliphatic hydroxyl groups is 1. The number of rotatable bonds is 0. The zero-order chi connectivity index (χ0) is 16.4. The van der Waals surface area contributed by atoms with E-state index in [0.717, 1.165) is 0 Å². The van der Waals surface area contributed by atoms with Crippen molar-refractivity contribution in [3.8, 4) is 17.3 Å². The topological polar surface area (TPSA) is 91.1 Å². The maximum atomic E-state index is 12.8. The summed E-state index contributed by atoms with van der Waals surface area (Å²) in [5.41, 5.74) is 2.30. The van der Waals surface area contributed by atoms with Gasteiger partial charge in [-0.2, -0.15) is 0 Å². The van der Waals surface area contributed by atoms with E-state index >= 15 is 0 Å². The SMILES string of the molecule is O=c1c2ccccc2nc2n1CC(O)c1c-2[nH]c2cccc(O)c12. The Morgan fingerprint density at radius 2 is 2.00 bits per heavy atom. The highest BCUT2D eigenvalue weighted by molar-refractivity contribution is 5.95. The van der Waals surface area contributed by atoms with Gasteiger partial charge >= 0.3 is 0 Å². The molecule has 6 heteroatoms. The third-order valence-electron chi connectivity index (χ3n) is 4.61. The van der Waals surface area contributed by atoms with Crippen molar-refractivity contribution in [1.82, 2.24) is 14.5 Å². The van der Waals surface area contributed by atoms with Crippen LogP contribution in [0.2, 0.25) is 0 Å². The van der Waals surface area contributed by atoms with Crippen LogP contribution < -0.4 is 5.56 Å². The minimum Gasteiger partial charge on any atom is -0.507 e. The number of aromatic hydroxyl groups is 1. The summed E-state index contributed by atoms with van der Waals surface area (Å²) >= 11 is 0. The molecule has 2 aromatic heterocycles. The van der Waals surface area contributed by atoms with Gasteiger partial charge in [-0.25, -0.2) is 4.98 Å². The number of aromatic amines is 1. The minimum absolute atomic E-state index is 0.0978. The van der Waals surface area contributed by atoms with Gasteiger partial charge in [-0.3, -0.25) is 9.36 Å². The van der Waals surface area contributed by atoms with E-state index in [0.29, 0.717) is 38.9 Å². The zero-order valence-corrected chi connectivity index (χ0v) is 12.5. The number of aliphatic hydroxyl groups excluding tert-OH is 1. The van der Waals surface area contributed by atoms with E-state index in [1.807, 2.05) is 12.1 Å². The predicted molar refractivity (Wildman–Crippen MR) is 89.9 cm³/mol. The van der Waals surface area contributed by atoms with Gasteiger partial charge in [0.1, 0.15) is 5.75 Å². The molecule has 0 saturated carbocycles. The molecule has 4 aromatic rings. The number of hydrogen-bond donors (Lipinski definition) is 3. The normalized spacial score (nSPS) is 16.3. The number of benzene rings is 2. The number of nitrogens with one attached hydrogen (secondary N) is 1. The minimum atomic E-state index is -0.893. The van der Waals surface area contributed by atoms with Gasteiger partial charge in [0.25, 0.3) is 5.56 Å². The first kappa shape index (κ1) is 13.3. The molecule has 1 aliphatic heterocycles. The highest BCUT2D eigenvalue weighted by atomic mass is 16.3. The summed E-state index contributed by atoms with van der Waals surface area (Å²) in [6.07, 6.45) is -0.893. The molecular formula is C18H13N3O3. The van der Waals surface area contributed by atoms with Crippen LogP contribution in [0.3, 0.4) is 0 Å². The predicted octanol–water partition coefficient (Wildman–Crippen LogP) is 2.30. The highest BCUT2D eigenvalue weighted by Gasteiger charge is 2.30. The summed E-state index contributed by atoms with van der Waals surface area (Å²) in [5, 5.41) is 21.9. The Balaban J connectivity index is 1.95. The molecule has 1 atom stereocenters. The fourth-order valence-corrected chi connectivity index (χ4v) is 3.56. The molecule has 0 fully saturated rings. The Kier molecular flexibility index (Phi) is 2.47. The van der Waals surface area contributed by atoms with E-state index < -0.39 is 6.10 Å². The van der Waals surface area contributed by atoms with Gasteiger partial charge in [0.05, 0.1) is 34.8 Å². The van der Waals surface area contributed by atoms with E-state index in [4.69, 9.17) is 0 Å². The summed E-state index contributed by atoms with van der Waals surface area (Å²) in [7, 11) is 0. The molecule has 118 valence electrons. The number of phenolic OH excluding ortho intramolecular Hbond substituents is 1. The van der Waals surface area contributed by atoms with Crippen molar-refractivity contribution in [3.63, 3.8) is 0 Å². The first-order valence-corrected chi connectivity index (χ1v) is 7.66. The number of fused-ring (bicyclic) bond motifs is 6. The van der Waals surface area contributed by atoms with Crippen molar-refractivity contribution in [2.24, 2.45) is 0 Å². The Bertz CT molecular complexity index is 1190. The van der Waals surface area contributed by atoms with E-state index in [-0.39, 0.29) is 17.9 Å². The van der Waals surface area contributed by atoms with Gasteiger partial charge in [-0.15, -0.1) is 0 Å². The monoisotopic (exact) mass is 319 g/mol. The second kappa shape index (κ2) is 4.46. The van der Waals surface area contributed by atoms with Crippen LogP contribution in [0.4, 0.5) is 0 Å². The summed E-state index contributed by atoms with van der Waals surface area (Å²) < 4.78 is 1.49. The van der Waals surface area contributed by atoms with E-state index in [9.17, 15) is 15.0 Å². The molecule has 2 aromatic carbocycles. The van der Waals surface area contributed by atoms with Crippen molar-refractivity contribution >= 4 is 21.8 Å². The molecule has 1 unspecified atom stereocenters. The van der Waals surface area contributed by atoms with Crippen molar-refractivity contribution < 1.29 is 10.2 Å². The Morgan fingerprint density at radius 3 is 2.88 bits per heavy atom. The van der Waals surface area contributed by atoms with E-state index in [1.165, 1.54) is 4.57 Å². The standard InChI is InChI=1S/C18H13N3O3/c22-12-7-3-6-11-14(12)15-13(23)8-21-17(16(15)19-11)20-10-5-2-1-4-9(10)18(21)24/h1-7,13,19,22-23H,8H2. The third-order valence-corrected chi connectivity index (χ3v) is 4.61. The average molecular weight is 319 g/mol. The lowest BCUT2D eigenvalue weighted by molar-refractivity contribution is 0.153. The molecule has 0 aliphatic carbocycles. The molecule has 0 amide bonds. The third kappa shape index (κ3) is 1.58. The number of phenols is 1. The van der Waals surface area contributed by atoms with Gasteiger partial charge in [-0.05, 0) is 24.3 Å². The fourth-order valence-electron chi connectivity index (χ4n) is 3.56. The van der Waals surface area contributed by atoms with Crippen LogP contribution in [-0.2, 0) is 6.54 Å². The lowest BCUT2D eigenvalue weighted by Crippen LogP contribution is -2.29. The van der Waals surface area contributed by atoms with Crippen LogP contribution in [-0.4, -0.2) is 24.7 Å². The first-order chi connectivity index (χ1) is 11.6. The highest BCUT2D eigenvalue weighted by Crippen LogP contribution is 2.41. The number of H-pyrrole nitrogens is 1. The molecule has 6 nitrogen and oxygen atoms in total. The zero-order valence-electron chi connectivity index (χ0n) is 12.5. The van der Waals surface area contributed by atoms with Gasteiger partial charge in [0.15, 0.2) is 5.82 Å². The molecule has 0 radical (unpaired) electrons. The average Bonchev–Trinajstić information content (AvgIpc) is 2.98.